The molecule has 0 heterocycles. The number of hydrogen-bond donors (Lipinski definition) is 3. The second-order valence-corrected chi connectivity index (χ2v) is 7.61. The van der Waals surface area contributed by atoms with Crippen LogP contribution >= 0.6 is 0 Å². The minimum Gasteiger partial charge on any atom is -0.349 e. The van der Waals surface area contributed by atoms with Crippen LogP contribution < -0.4 is 16.0 Å². The summed E-state index contributed by atoms with van der Waals surface area (Å²) in [6.45, 7) is 1.27. The number of alkyl halides is 3. The lowest BCUT2D eigenvalue weighted by molar-refractivity contribution is -0.137. The highest BCUT2D eigenvalue weighted by Gasteiger charge is 2.34. The Hall–Kier alpha value is -4.21. The molecule has 10 heteroatoms. The average molecular weight is 487 g/mol. The van der Waals surface area contributed by atoms with Gasteiger partial charge in [-0.25, -0.2) is 4.39 Å². The van der Waals surface area contributed by atoms with Gasteiger partial charge in [0.1, 0.15) is 5.82 Å². The van der Waals surface area contributed by atoms with Crippen LogP contribution in [-0.2, 0) is 15.8 Å². The van der Waals surface area contributed by atoms with Crippen LogP contribution in [0.5, 0.6) is 0 Å². The topological polar surface area (TPSA) is 87.3 Å². The Morgan fingerprint density at radius 3 is 2.17 bits per heavy atom. The van der Waals surface area contributed by atoms with Gasteiger partial charge < -0.3 is 16.0 Å². The number of halogens is 4. The Bertz CT molecular complexity index is 1230. The van der Waals surface area contributed by atoms with E-state index in [1.54, 1.807) is 30.3 Å². The first-order valence-electron chi connectivity index (χ1n) is 10.4. The quantitative estimate of drug-likeness (QED) is 0.395. The Kier molecular flexibility index (Phi) is 7.85. The van der Waals surface area contributed by atoms with Gasteiger partial charge in [0.05, 0.1) is 29.3 Å². The number of anilines is 2. The number of hydrogen-bond acceptors (Lipinski definition) is 3. The highest BCUT2D eigenvalue weighted by Crippen LogP contribution is 2.37. The van der Waals surface area contributed by atoms with Crippen molar-refractivity contribution in [3.63, 3.8) is 0 Å². The van der Waals surface area contributed by atoms with Crippen LogP contribution in [0.15, 0.2) is 72.8 Å². The molecule has 0 bridgehead atoms. The van der Waals surface area contributed by atoms with E-state index in [2.05, 4.69) is 16.0 Å². The van der Waals surface area contributed by atoms with Crippen molar-refractivity contribution in [2.75, 3.05) is 10.6 Å². The van der Waals surface area contributed by atoms with Gasteiger partial charge in [-0.1, -0.05) is 42.5 Å². The molecular weight excluding hydrogens is 466 g/mol. The van der Waals surface area contributed by atoms with Crippen LogP contribution in [-0.4, -0.2) is 17.7 Å². The molecule has 0 spiro atoms. The Labute approximate surface area is 198 Å². The molecule has 3 aromatic rings. The molecule has 1 atom stereocenters. The van der Waals surface area contributed by atoms with Gasteiger partial charge in [-0.2, -0.15) is 13.2 Å². The van der Waals surface area contributed by atoms with E-state index in [1.165, 1.54) is 25.1 Å². The first kappa shape index (κ1) is 25.4. The summed E-state index contributed by atoms with van der Waals surface area (Å²) >= 11 is 0. The summed E-state index contributed by atoms with van der Waals surface area (Å²) in [6, 6.07) is 15.6. The molecule has 0 aliphatic rings. The maximum absolute atomic E-state index is 13.8. The summed E-state index contributed by atoms with van der Waals surface area (Å²) < 4.78 is 55.0. The third-order valence-electron chi connectivity index (χ3n) is 4.94. The fourth-order valence-electron chi connectivity index (χ4n) is 3.38. The lowest BCUT2D eigenvalue weighted by Gasteiger charge is -2.20. The van der Waals surface area contributed by atoms with Crippen molar-refractivity contribution in [3.05, 3.63) is 95.3 Å². The number of amides is 3. The van der Waals surface area contributed by atoms with Gasteiger partial charge >= 0.3 is 6.18 Å². The van der Waals surface area contributed by atoms with E-state index < -0.39 is 47.0 Å². The van der Waals surface area contributed by atoms with Crippen LogP contribution in [0.1, 0.15) is 40.9 Å². The van der Waals surface area contributed by atoms with Crippen molar-refractivity contribution < 1.29 is 31.9 Å². The third kappa shape index (κ3) is 6.89. The molecule has 182 valence electrons. The smallest absolute Gasteiger partial charge is 0.349 e. The van der Waals surface area contributed by atoms with E-state index in [0.717, 1.165) is 18.2 Å². The molecule has 0 aliphatic carbocycles. The normalized spacial score (nSPS) is 11.9. The van der Waals surface area contributed by atoms with E-state index in [4.69, 9.17) is 0 Å². The Balaban J connectivity index is 1.81. The molecular formula is C25H21F4N3O3. The van der Waals surface area contributed by atoms with E-state index in [1.807, 2.05) is 0 Å². The van der Waals surface area contributed by atoms with Crippen LogP contribution in [0, 0.1) is 5.82 Å². The Morgan fingerprint density at radius 2 is 1.54 bits per heavy atom. The van der Waals surface area contributed by atoms with Crippen molar-refractivity contribution in [2.24, 2.45) is 0 Å². The van der Waals surface area contributed by atoms with Crippen molar-refractivity contribution in [1.29, 1.82) is 0 Å². The molecule has 3 amide bonds. The number of rotatable bonds is 7. The highest BCUT2D eigenvalue weighted by molar-refractivity contribution is 6.04. The summed E-state index contributed by atoms with van der Waals surface area (Å²) in [5.41, 5.74) is -1.68. The minimum absolute atomic E-state index is 0.232. The summed E-state index contributed by atoms with van der Waals surface area (Å²) in [6.07, 6.45) is -5.18. The highest BCUT2D eigenvalue weighted by atomic mass is 19.4. The predicted molar refractivity (Wildman–Crippen MR) is 122 cm³/mol. The molecule has 0 aromatic heterocycles. The number of benzene rings is 3. The molecule has 0 saturated carbocycles. The molecule has 3 N–H and O–H groups in total. The fraction of sp³-hybridized carbons (Fsp3) is 0.160. The fourth-order valence-corrected chi connectivity index (χ4v) is 3.38. The zero-order valence-electron chi connectivity index (χ0n) is 18.4. The first-order chi connectivity index (χ1) is 16.5. The second-order valence-electron chi connectivity index (χ2n) is 7.61. The largest absolute Gasteiger partial charge is 0.418 e. The first-order valence-corrected chi connectivity index (χ1v) is 10.4. The van der Waals surface area contributed by atoms with Crippen molar-refractivity contribution in [3.8, 4) is 0 Å². The van der Waals surface area contributed by atoms with Crippen molar-refractivity contribution >= 4 is 29.1 Å². The SMILES string of the molecule is CC(=O)NC(CC(=O)Nc1ccc(NC(=O)c2ccccc2F)cc1C(F)(F)F)c1ccccc1. The Morgan fingerprint density at radius 1 is 0.886 bits per heavy atom. The minimum atomic E-state index is -4.86. The molecule has 1 unspecified atom stereocenters. The summed E-state index contributed by atoms with van der Waals surface area (Å²) in [7, 11) is 0. The number of carbonyl (C=O) groups excluding carboxylic acids is 3. The molecule has 0 fully saturated rings. The zero-order chi connectivity index (χ0) is 25.6. The van der Waals surface area contributed by atoms with Gasteiger partial charge in [0.2, 0.25) is 11.8 Å². The van der Waals surface area contributed by atoms with Gasteiger partial charge in [-0.15, -0.1) is 0 Å². The average Bonchev–Trinajstić information content (AvgIpc) is 2.79. The molecule has 0 saturated heterocycles. The predicted octanol–water partition coefficient (Wildman–Crippen LogP) is 5.30. The maximum atomic E-state index is 13.8. The molecule has 0 aliphatic heterocycles. The van der Waals surface area contributed by atoms with Crippen LogP contribution in [0.2, 0.25) is 0 Å². The van der Waals surface area contributed by atoms with Gasteiger partial charge in [-0.3, -0.25) is 14.4 Å². The van der Waals surface area contributed by atoms with Crippen LogP contribution in [0.3, 0.4) is 0 Å². The monoisotopic (exact) mass is 487 g/mol. The van der Waals surface area contributed by atoms with Crippen LogP contribution in [0.4, 0.5) is 28.9 Å². The molecule has 6 nitrogen and oxygen atoms in total. The second kappa shape index (κ2) is 10.8. The maximum Gasteiger partial charge on any atom is 0.418 e. The van der Waals surface area contributed by atoms with E-state index in [-0.39, 0.29) is 17.7 Å². The van der Waals surface area contributed by atoms with Crippen molar-refractivity contribution in [2.45, 2.75) is 25.6 Å². The van der Waals surface area contributed by atoms with E-state index >= 15 is 0 Å². The van der Waals surface area contributed by atoms with Gasteiger partial charge in [0.25, 0.3) is 5.91 Å². The number of nitrogens with one attached hydrogen (secondary N) is 3. The zero-order valence-corrected chi connectivity index (χ0v) is 18.4. The lowest BCUT2D eigenvalue weighted by Crippen LogP contribution is -2.30. The molecule has 3 rings (SSSR count). The molecule has 0 radical (unpaired) electrons. The van der Waals surface area contributed by atoms with Crippen molar-refractivity contribution in [1.82, 2.24) is 5.32 Å². The third-order valence-corrected chi connectivity index (χ3v) is 4.94. The van der Waals surface area contributed by atoms with Gasteiger partial charge in [0.15, 0.2) is 0 Å². The molecule has 35 heavy (non-hydrogen) atoms. The summed E-state index contributed by atoms with van der Waals surface area (Å²) in [5.74, 6) is -2.91. The number of carbonyl (C=O) groups is 3. The van der Waals surface area contributed by atoms with Gasteiger partial charge in [-0.05, 0) is 35.9 Å². The molecule has 3 aromatic carbocycles. The van der Waals surface area contributed by atoms with E-state index in [0.29, 0.717) is 11.6 Å². The summed E-state index contributed by atoms with van der Waals surface area (Å²) in [4.78, 5) is 36.4. The van der Waals surface area contributed by atoms with Crippen LogP contribution in [0.25, 0.3) is 0 Å². The lowest BCUT2D eigenvalue weighted by atomic mass is 10.0. The van der Waals surface area contributed by atoms with Gasteiger partial charge in [0, 0.05) is 12.6 Å². The summed E-state index contributed by atoms with van der Waals surface area (Å²) in [5, 5.41) is 7.07. The standard InChI is InChI=1S/C25H21F4N3O3/c1-15(33)30-22(16-7-3-2-4-8-16)14-23(34)32-21-12-11-17(13-19(21)25(27,28)29)31-24(35)18-9-5-6-10-20(18)26/h2-13,22H,14H2,1H3,(H,30,33)(H,31,35)(H,32,34). The van der Waals surface area contributed by atoms with E-state index in [9.17, 15) is 31.9 Å².